The molecule has 2 N–H and O–H groups in total. The second-order valence-corrected chi connectivity index (χ2v) is 4.02. The van der Waals surface area contributed by atoms with E-state index >= 15 is 0 Å². The Balaban J connectivity index is 1.90. The average Bonchev–Trinajstić information content (AvgIpc) is 2.46. The zero-order valence-corrected chi connectivity index (χ0v) is 10.9. The summed E-state index contributed by atoms with van der Waals surface area (Å²) >= 11 is 0. The third kappa shape index (κ3) is 3.68. The number of carbonyl (C=O) groups excluding carboxylic acids is 1. The highest BCUT2D eigenvalue weighted by Gasteiger charge is 2.06. The minimum absolute atomic E-state index is 0.131. The minimum atomic E-state index is -0.530. The monoisotopic (exact) mass is 275 g/mol. The van der Waals surface area contributed by atoms with Gasteiger partial charge in [0.2, 0.25) is 0 Å². The molecule has 0 fully saturated rings. The Labute approximate surface area is 115 Å². The van der Waals surface area contributed by atoms with Crippen LogP contribution in [0.25, 0.3) is 0 Å². The van der Waals surface area contributed by atoms with Gasteiger partial charge < -0.3 is 15.4 Å². The van der Waals surface area contributed by atoms with Gasteiger partial charge >= 0.3 is 6.03 Å². The third-order valence-corrected chi connectivity index (χ3v) is 2.59. The zero-order chi connectivity index (χ0) is 14.4. The molecule has 1 aromatic carbocycles. The van der Waals surface area contributed by atoms with Crippen molar-refractivity contribution in [2.45, 2.75) is 6.54 Å². The number of pyridine rings is 1. The van der Waals surface area contributed by atoms with E-state index in [0.29, 0.717) is 12.2 Å². The summed E-state index contributed by atoms with van der Waals surface area (Å²) < 4.78 is 18.2. The van der Waals surface area contributed by atoms with Crippen LogP contribution in [0.3, 0.4) is 0 Å². The molecule has 0 radical (unpaired) electrons. The topological polar surface area (TPSA) is 63.2 Å². The first kappa shape index (κ1) is 13.8. The summed E-state index contributed by atoms with van der Waals surface area (Å²) in [5.41, 5.74) is 1.23. The van der Waals surface area contributed by atoms with Crippen molar-refractivity contribution in [3.63, 3.8) is 0 Å². The van der Waals surface area contributed by atoms with Gasteiger partial charge in [-0.05, 0) is 23.8 Å². The molecular weight excluding hydrogens is 261 g/mol. The van der Waals surface area contributed by atoms with Gasteiger partial charge in [-0.15, -0.1) is 0 Å². The number of aromatic nitrogens is 1. The molecule has 2 amide bonds. The summed E-state index contributed by atoms with van der Waals surface area (Å²) in [6, 6.07) is 7.42. The van der Waals surface area contributed by atoms with Crippen LogP contribution in [0.1, 0.15) is 5.56 Å². The normalized spacial score (nSPS) is 9.90. The van der Waals surface area contributed by atoms with Crippen molar-refractivity contribution in [2.24, 2.45) is 0 Å². The second-order valence-electron chi connectivity index (χ2n) is 4.02. The number of ether oxygens (including phenoxy) is 1. The van der Waals surface area contributed by atoms with Crippen LogP contribution in [0.15, 0.2) is 42.7 Å². The maximum atomic E-state index is 13.4. The molecule has 1 aromatic heterocycles. The standard InChI is InChI=1S/C14H14FN3O2/c1-20-13-5-4-11(7-12(13)15)18-14(19)17-9-10-3-2-6-16-8-10/h2-8H,9H2,1H3,(H2,17,18,19). The molecule has 0 spiro atoms. The predicted molar refractivity (Wildman–Crippen MR) is 73.0 cm³/mol. The van der Waals surface area contributed by atoms with Crippen molar-refractivity contribution in [3.8, 4) is 5.75 Å². The van der Waals surface area contributed by atoms with Crippen LogP contribution in [0.5, 0.6) is 5.75 Å². The molecule has 1 heterocycles. The Morgan fingerprint density at radius 3 is 2.90 bits per heavy atom. The Bertz CT molecular complexity index is 590. The van der Waals surface area contributed by atoms with Crippen LogP contribution in [0.4, 0.5) is 14.9 Å². The zero-order valence-electron chi connectivity index (χ0n) is 10.9. The first-order valence-electron chi connectivity index (χ1n) is 5.96. The van der Waals surface area contributed by atoms with Gasteiger partial charge in [0.1, 0.15) is 0 Å². The number of carbonyl (C=O) groups is 1. The smallest absolute Gasteiger partial charge is 0.319 e. The maximum Gasteiger partial charge on any atom is 0.319 e. The van der Waals surface area contributed by atoms with Crippen molar-refractivity contribution in [1.29, 1.82) is 0 Å². The van der Waals surface area contributed by atoms with Gasteiger partial charge in [-0.3, -0.25) is 4.98 Å². The average molecular weight is 275 g/mol. The van der Waals surface area contributed by atoms with Crippen molar-refractivity contribution >= 4 is 11.7 Å². The fourth-order valence-electron chi connectivity index (χ4n) is 1.60. The summed E-state index contributed by atoms with van der Waals surface area (Å²) in [6.07, 6.45) is 3.32. The SMILES string of the molecule is COc1ccc(NC(=O)NCc2cccnc2)cc1F. The quantitative estimate of drug-likeness (QED) is 0.901. The van der Waals surface area contributed by atoms with Gasteiger partial charge in [0.15, 0.2) is 11.6 Å². The number of halogens is 1. The lowest BCUT2D eigenvalue weighted by atomic mass is 10.3. The fourth-order valence-corrected chi connectivity index (χ4v) is 1.60. The molecular formula is C14H14FN3O2. The molecule has 104 valence electrons. The highest BCUT2D eigenvalue weighted by molar-refractivity contribution is 5.89. The number of hydrogen-bond acceptors (Lipinski definition) is 3. The summed E-state index contributed by atoms with van der Waals surface area (Å²) in [5, 5.41) is 5.19. The van der Waals surface area contributed by atoms with Crippen LogP contribution in [-0.2, 0) is 6.54 Å². The molecule has 0 aliphatic heterocycles. The molecule has 0 atom stereocenters. The molecule has 5 nitrogen and oxygen atoms in total. The van der Waals surface area contributed by atoms with E-state index in [0.717, 1.165) is 5.56 Å². The van der Waals surface area contributed by atoms with Crippen LogP contribution in [0, 0.1) is 5.82 Å². The number of urea groups is 1. The van der Waals surface area contributed by atoms with E-state index in [1.165, 1.54) is 19.2 Å². The van der Waals surface area contributed by atoms with Crippen molar-refractivity contribution in [1.82, 2.24) is 10.3 Å². The Morgan fingerprint density at radius 1 is 1.40 bits per heavy atom. The van der Waals surface area contributed by atoms with E-state index in [4.69, 9.17) is 4.74 Å². The molecule has 0 bridgehead atoms. The number of benzene rings is 1. The first-order chi connectivity index (χ1) is 9.69. The molecule has 2 rings (SSSR count). The molecule has 0 unspecified atom stereocenters. The van der Waals surface area contributed by atoms with E-state index < -0.39 is 11.8 Å². The lowest BCUT2D eigenvalue weighted by molar-refractivity contribution is 0.251. The molecule has 0 saturated heterocycles. The van der Waals surface area contributed by atoms with Gasteiger partial charge in [-0.1, -0.05) is 6.07 Å². The number of anilines is 1. The van der Waals surface area contributed by atoms with Gasteiger partial charge in [-0.2, -0.15) is 0 Å². The van der Waals surface area contributed by atoms with Gasteiger partial charge in [-0.25, -0.2) is 9.18 Å². The maximum absolute atomic E-state index is 13.4. The van der Waals surface area contributed by atoms with E-state index in [9.17, 15) is 9.18 Å². The van der Waals surface area contributed by atoms with Crippen LogP contribution in [-0.4, -0.2) is 18.1 Å². The van der Waals surface area contributed by atoms with Crippen LogP contribution >= 0.6 is 0 Å². The molecule has 0 saturated carbocycles. The Hall–Kier alpha value is -2.63. The van der Waals surface area contributed by atoms with Crippen molar-refractivity contribution < 1.29 is 13.9 Å². The predicted octanol–water partition coefficient (Wildman–Crippen LogP) is 2.55. The highest BCUT2D eigenvalue weighted by Crippen LogP contribution is 2.20. The Morgan fingerprint density at radius 2 is 2.25 bits per heavy atom. The number of nitrogens with one attached hydrogen (secondary N) is 2. The Kier molecular flexibility index (Phi) is 4.49. The largest absolute Gasteiger partial charge is 0.494 e. The summed E-state index contributed by atoms with van der Waals surface area (Å²) in [6.45, 7) is 0.346. The molecule has 20 heavy (non-hydrogen) atoms. The number of hydrogen-bond donors (Lipinski definition) is 2. The molecule has 2 aromatic rings. The van der Waals surface area contributed by atoms with Crippen molar-refractivity contribution in [3.05, 3.63) is 54.1 Å². The molecule has 6 heteroatoms. The summed E-state index contributed by atoms with van der Waals surface area (Å²) in [7, 11) is 1.38. The number of amides is 2. The van der Waals surface area contributed by atoms with Crippen molar-refractivity contribution in [2.75, 3.05) is 12.4 Å². The van der Waals surface area contributed by atoms with E-state index in [-0.39, 0.29) is 5.75 Å². The molecule has 0 aliphatic rings. The number of rotatable bonds is 4. The third-order valence-electron chi connectivity index (χ3n) is 2.59. The highest BCUT2D eigenvalue weighted by atomic mass is 19.1. The van der Waals surface area contributed by atoms with Gasteiger partial charge in [0.25, 0.3) is 0 Å². The van der Waals surface area contributed by atoms with Gasteiger partial charge in [0.05, 0.1) is 7.11 Å². The summed E-state index contributed by atoms with van der Waals surface area (Å²) in [5.74, 6) is -0.399. The lowest BCUT2D eigenvalue weighted by Crippen LogP contribution is -2.28. The van der Waals surface area contributed by atoms with Crippen LogP contribution in [0.2, 0.25) is 0 Å². The lowest BCUT2D eigenvalue weighted by Gasteiger charge is -2.08. The van der Waals surface area contributed by atoms with E-state index in [1.54, 1.807) is 24.5 Å². The molecule has 0 aliphatic carbocycles. The van der Waals surface area contributed by atoms with Crippen LogP contribution < -0.4 is 15.4 Å². The van der Waals surface area contributed by atoms with E-state index in [1.807, 2.05) is 6.07 Å². The van der Waals surface area contributed by atoms with E-state index in [2.05, 4.69) is 15.6 Å². The minimum Gasteiger partial charge on any atom is -0.494 e. The van der Waals surface area contributed by atoms with Gasteiger partial charge in [0, 0.05) is 30.7 Å². The fraction of sp³-hybridized carbons (Fsp3) is 0.143. The second kappa shape index (κ2) is 6.51. The number of nitrogens with zero attached hydrogens (tertiary/aromatic N) is 1. The number of methoxy groups -OCH3 is 1. The summed E-state index contributed by atoms with van der Waals surface area (Å²) in [4.78, 5) is 15.6. The first-order valence-corrected chi connectivity index (χ1v) is 5.96.